The molecule has 0 aromatic rings. The predicted octanol–water partition coefficient (Wildman–Crippen LogP) is 2.02. The molecule has 0 amide bonds. The Kier molecular flexibility index (Phi) is 4.83. The van der Waals surface area contributed by atoms with Gasteiger partial charge in [-0.05, 0) is 59.0 Å². The van der Waals surface area contributed by atoms with Gasteiger partial charge in [-0.2, -0.15) is 0 Å². The molecule has 1 saturated heterocycles. The van der Waals surface area contributed by atoms with E-state index < -0.39 is 0 Å². The maximum atomic E-state index is 5.43. The van der Waals surface area contributed by atoms with E-state index in [1.54, 1.807) is 0 Å². The maximum Gasteiger partial charge on any atom is 0.0572 e. The van der Waals surface area contributed by atoms with Crippen LogP contribution in [0.1, 0.15) is 45.4 Å². The molecule has 1 saturated carbocycles. The van der Waals surface area contributed by atoms with E-state index in [1.165, 1.54) is 45.1 Å². The van der Waals surface area contributed by atoms with Gasteiger partial charge in [0.05, 0.1) is 6.10 Å². The maximum absolute atomic E-state index is 5.43. The molecule has 1 aliphatic carbocycles. The molecule has 3 nitrogen and oxygen atoms in total. The Morgan fingerprint density at radius 1 is 1.06 bits per heavy atom. The van der Waals surface area contributed by atoms with Crippen molar-refractivity contribution in [2.45, 2.75) is 69.7 Å². The van der Waals surface area contributed by atoms with Gasteiger partial charge in [0.1, 0.15) is 0 Å². The molecule has 2 unspecified atom stereocenters. The zero-order valence-electron chi connectivity index (χ0n) is 11.6. The van der Waals surface area contributed by atoms with Crippen molar-refractivity contribution in [1.29, 1.82) is 0 Å². The van der Waals surface area contributed by atoms with E-state index >= 15 is 0 Å². The Balaban J connectivity index is 1.71. The molecule has 3 heteroatoms. The van der Waals surface area contributed by atoms with Crippen molar-refractivity contribution in [3.8, 4) is 0 Å². The van der Waals surface area contributed by atoms with E-state index in [4.69, 9.17) is 4.74 Å². The Morgan fingerprint density at radius 2 is 1.76 bits per heavy atom. The van der Waals surface area contributed by atoms with Crippen LogP contribution in [0.3, 0.4) is 0 Å². The third-order valence-electron chi connectivity index (χ3n) is 4.69. The van der Waals surface area contributed by atoms with E-state index in [-0.39, 0.29) is 0 Å². The lowest BCUT2D eigenvalue weighted by molar-refractivity contribution is 0.0583. The molecular weight excluding hydrogens is 212 g/mol. The fraction of sp³-hybridized carbons (Fsp3) is 1.00. The van der Waals surface area contributed by atoms with Crippen molar-refractivity contribution in [1.82, 2.24) is 10.2 Å². The fourth-order valence-electron chi connectivity index (χ4n) is 3.24. The van der Waals surface area contributed by atoms with Crippen LogP contribution in [0.4, 0.5) is 0 Å². The van der Waals surface area contributed by atoms with Crippen molar-refractivity contribution in [3.63, 3.8) is 0 Å². The third kappa shape index (κ3) is 3.67. The van der Waals surface area contributed by atoms with Gasteiger partial charge in [-0.25, -0.2) is 0 Å². The minimum Gasteiger partial charge on any atom is -0.381 e. The monoisotopic (exact) mass is 240 g/mol. The van der Waals surface area contributed by atoms with E-state index in [1.807, 2.05) is 7.11 Å². The fourth-order valence-corrected chi connectivity index (χ4v) is 3.24. The van der Waals surface area contributed by atoms with Crippen LogP contribution in [-0.4, -0.2) is 49.8 Å². The van der Waals surface area contributed by atoms with Crippen LogP contribution in [0.2, 0.25) is 0 Å². The summed E-state index contributed by atoms with van der Waals surface area (Å²) in [5.41, 5.74) is 0. The average Bonchev–Trinajstić information content (AvgIpc) is 2.35. The van der Waals surface area contributed by atoms with Gasteiger partial charge in [-0.3, -0.25) is 0 Å². The molecule has 0 bridgehead atoms. The highest BCUT2D eigenvalue weighted by Gasteiger charge is 2.27. The number of nitrogens with zero attached hydrogens (tertiary/aromatic N) is 1. The quantitative estimate of drug-likeness (QED) is 0.817. The van der Waals surface area contributed by atoms with Crippen molar-refractivity contribution >= 4 is 0 Å². The lowest BCUT2D eigenvalue weighted by Gasteiger charge is -2.38. The third-order valence-corrected chi connectivity index (χ3v) is 4.69. The second-order valence-electron chi connectivity index (χ2n) is 5.93. The largest absolute Gasteiger partial charge is 0.381 e. The van der Waals surface area contributed by atoms with Gasteiger partial charge < -0.3 is 15.0 Å². The SMILES string of the molecule is COC1CCC(NC2CCN(C)C(C)C2)CC1. The normalized spacial score (nSPS) is 40.4. The summed E-state index contributed by atoms with van der Waals surface area (Å²) in [6, 6.07) is 2.21. The molecule has 0 aromatic heterocycles. The summed E-state index contributed by atoms with van der Waals surface area (Å²) >= 11 is 0. The standard InChI is InChI=1S/C14H28N2O/c1-11-10-13(8-9-16(11)2)15-12-4-6-14(17-3)7-5-12/h11-15H,4-10H2,1-3H3. The van der Waals surface area contributed by atoms with Gasteiger partial charge in [-0.15, -0.1) is 0 Å². The first-order valence-corrected chi connectivity index (χ1v) is 7.18. The second-order valence-corrected chi connectivity index (χ2v) is 5.93. The number of methoxy groups -OCH3 is 1. The highest BCUT2D eigenvalue weighted by Crippen LogP contribution is 2.23. The number of rotatable bonds is 3. The molecule has 2 atom stereocenters. The molecule has 2 rings (SSSR count). The molecule has 100 valence electrons. The smallest absolute Gasteiger partial charge is 0.0572 e. The number of ether oxygens (including phenoxy) is 1. The zero-order valence-corrected chi connectivity index (χ0v) is 11.6. The molecule has 17 heavy (non-hydrogen) atoms. The Labute approximate surface area is 106 Å². The van der Waals surface area contributed by atoms with E-state index in [2.05, 4.69) is 24.2 Å². The summed E-state index contributed by atoms with van der Waals surface area (Å²) in [4.78, 5) is 2.47. The molecule has 2 aliphatic rings. The summed E-state index contributed by atoms with van der Waals surface area (Å²) in [6.07, 6.45) is 8.18. The molecule has 0 radical (unpaired) electrons. The van der Waals surface area contributed by atoms with Gasteiger partial charge in [0, 0.05) is 25.2 Å². The van der Waals surface area contributed by atoms with Crippen LogP contribution in [-0.2, 0) is 4.74 Å². The van der Waals surface area contributed by atoms with Crippen molar-refractivity contribution < 1.29 is 4.74 Å². The van der Waals surface area contributed by atoms with E-state index in [0.717, 1.165) is 18.1 Å². The molecule has 1 N–H and O–H groups in total. The number of hydrogen-bond acceptors (Lipinski definition) is 3. The van der Waals surface area contributed by atoms with Crippen LogP contribution in [0.15, 0.2) is 0 Å². The van der Waals surface area contributed by atoms with Crippen LogP contribution in [0, 0.1) is 0 Å². The summed E-state index contributed by atoms with van der Waals surface area (Å²) in [5, 5.41) is 3.87. The summed E-state index contributed by atoms with van der Waals surface area (Å²) in [6.45, 7) is 3.59. The van der Waals surface area contributed by atoms with Gasteiger partial charge in [0.25, 0.3) is 0 Å². The summed E-state index contributed by atoms with van der Waals surface area (Å²) in [5.74, 6) is 0. The number of likely N-dealkylation sites (tertiary alicyclic amines) is 1. The minimum atomic E-state index is 0.518. The van der Waals surface area contributed by atoms with Gasteiger partial charge >= 0.3 is 0 Å². The van der Waals surface area contributed by atoms with E-state index in [0.29, 0.717) is 6.10 Å². The average molecular weight is 240 g/mol. The lowest BCUT2D eigenvalue weighted by Crippen LogP contribution is -2.49. The Hall–Kier alpha value is -0.120. The first-order valence-electron chi connectivity index (χ1n) is 7.18. The first kappa shape index (κ1) is 13.3. The number of piperidine rings is 1. The molecule has 1 heterocycles. The summed E-state index contributed by atoms with van der Waals surface area (Å²) < 4.78 is 5.43. The number of hydrogen-bond donors (Lipinski definition) is 1. The molecule has 1 aliphatic heterocycles. The minimum absolute atomic E-state index is 0.518. The zero-order chi connectivity index (χ0) is 12.3. The van der Waals surface area contributed by atoms with Gasteiger partial charge in [-0.1, -0.05) is 0 Å². The number of nitrogens with one attached hydrogen (secondary N) is 1. The predicted molar refractivity (Wildman–Crippen MR) is 71.3 cm³/mol. The van der Waals surface area contributed by atoms with Gasteiger partial charge in [0.2, 0.25) is 0 Å². The topological polar surface area (TPSA) is 24.5 Å². The van der Waals surface area contributed by atoms with Crippen molar-refractivity contribution in [2.75, 3.05) is 20.7 Å². The highest BCUT2D eigenvalue weighted by molar-refractivity contribution is 4.86. The molecule has 0 spiro atoms. The molecule has 2 fully saturated rings. The van der Waals surface area contributed by atoms with Crippen molar-refractivity contribution in [3.05, 3.63) is 0 Å². The van der Waals surface area contributed by atoms with Gasteiger partial charge in [0.15, 0.2) is 0 Å². The van der Waals surface area contributed by atoms with Crippen LogP contribution in [0.25, 0.3) is 0 Å². The lowest BCUT2D eigenvalue weighted by atomic mass is 9.90. The molecule has 0 aromatic carbocycles. The van der Waals surface area contributed by atoms with E-state index in [9.17, 15) is 0 Å². The van der Waals surface area contributed by atoms with Crippen LogP contribution in [0.5, 0.6) is 0 Å². The second kappa shape index (κ2) is 6.17. The molecular formula is C14H28N2O. The Morgan fingerprint density at radius 3 is 2.35 bits per heavy atom. The van der Waals surface area contributed by atoms with Crippen LogP contribution >= 0.6 is 0 Å². The first-order chi connectivity index (χ1) is 8.19. The van der Waals surface area contributed by atoms with Crippen LogP contribution < -0.4 is 5.32 Å². The van der Waals surface area contributed by atoms with Crippen molar-refractivity contribution in [2.24, 2.45) is 0 Å². The highest BCUT2D eigenvalue weighted by atomic mass is 16.5. The Bertz CT molecular complexity index is 226. The summed E-state index contributed by atoms with van der Waals surface area (Å²) in [7, 11) is 4.09.